The molecule has 0 saturated carbocycles. The van der Waals surface area contributed by atoms with Crippen molar-refractivity contribution >= 4 is 18.7 Å². The van der Waals surface area contributed by atoms with Crippen molar-refractivity contribution in [2.24, 2.45) is 0 Å². The Morgan fingerprint density at radius 1 is 1.19 bits per heavy atom. The lowest BCUT2D eigenvalue weighted by atomic mass is 9.82. The van der Waals surface area contributed by atoms with Crippen LogP contribution in [0.15, 0.2) is 12.4 Å². The lowest BCUT2D eigenvalue weighted by molar-refractivity contribution is 0.00578. The number of H-pyrrole nitrogens is 1. The zero-order valence-electron chi connectivity index (χ0n) is 17.1. The van der Waals surface area contributed by atoms with Crippen molar-refractivity contribution in [1.82, 2.24) is 15.1 Å². The van der Waals surface area contributed by atoms with E-state index in [0.717, 1.165) is 31.4 Å². The van der Waals surface area contributed by atoms with Crippen LogP contribution in [0.2, 0.25) is 0 Å². The molecule has 0 bridgehead atoms. The summed E-state index contributed by atoms with van der Waals surface area (Å²) in [5, 5.41) is 6.63. The van der Waals surface area contributed by atoms with Crippen LogP contribution in [0.25, 0.3) is 0 Å². The van der Waals surface area contributed by atoms with Crippen molar-refractivity contribution in [1.29, 1.82) is 0 Å². The minimum absolute atomic E-state index is 0.167. The molecule has 1 aromatic rings. The van der Waals surface area contributed by atoms with E-state index >= 15 is 0 Å². The Morgan fingerprint density at radius 2 is 1.73 bits per heavy atom. The molecule has 0 aliphatic carbocycles. The maximum atomic E-state index is 11.4. The molecule has 1 N–H and O–H groups in total. The largest absolute Gasteiger partial charge is 0.498 e. The second-order valence-electron chi connectivity index (χ2n) is 8.79. The Morgan fingerprint density at radius 3 is 2.15 bits per heavy atom. The molecule has 0 radical (unpaired) electrons. The van der Waals surface area contributed by atoms with E-state index in [1.807, 2.05) is 48.5 Å². The number of carbonyl (C=O) groups is 1. The first kappa shape index (κ1) is 20.8. The highest BCUT2D eigenvalue weighted by Gasteiger charge is 2.51. The average molecular weight is 365 g/mol. The first-order valence-corrected chi connectivity index (χ1v) is 9.23. The number of ether oxygens (including phenoxy) is 1. The summed E-state index contributed by atoms with van der Waals surface area (Å²) in [7, 11) is -0.307. The zero-order chi connectivity index (χ0) is 19.6. The van der Waals surface area contributed by atoms with Gasteiger partial charge in [0.25, 0.3) is 0 Å². The summed E-state index contributed by atoms with van der Waals surface area (Å²) < 4.78 is 16.9. The topological polar surface area (TPSA) is 76.7 Å². The third-order valence-electron chi connectivity index (χ3n) is 4.80. The molecule has 2 saturated heterocycles. The predicted octanol–water partition coefficient (Wildman–Crippen LogP) is 2.73. The highest BCUT2D eigenvalue weighted by Crippen LogP contribution is 2.36. The maximum absolute atomic E-state index is 11.4. The van der Waals surface area contributed by atoms with Gasteiger partial charge in [0.15, 0.2) is 0 Å². The summed E-state index contributed by atoms with van der Waals surface area (Å²) in [5.41, 5.74) is 0.00690. The normalized spacial score (nSPS) is 21.3. The number of carbonyl (C=O) groups excluding carboxylic acids is 1. The van der Waals surface area contributed by atoms with Gasteiger partial charge in [-0.2, -0.15) is 5.10 Å². The van der Waals surface area contributed by atoms with Crippen LogP contribution in [0.4, 0.5) is 4.79 Å². The molecule has 146 valence electrons. The fourth-order valence-corrected chi connectivity index (χ4v) is 2.60. The van der Waals surface area contributed by atoms with Gasteiger partial charge in [0.05, 0.1) is 11.2 Å². The molecule has 0 aromatic carbocycles. The van der Waals surface area contributed by atoms with Crippen molar-refractivity contribution < 1.29 is 18.8 Å². The van der Waals surface area contributed by atoms with Crippen LogP contribution < -0.4 is 5.46 Å². The summed E-state index contributed by atoms with van der Waals surface area (Å²) >= 11 is 0. The molecule has 0 spiro atoms. The van der Waals surface area contributed by atoms with Gasteiger partial charge < -0.3 is 18.9 Å². The highest BCUT2D eigenvalue weighted by molar-refractivity contribution is 6.61. The van der Waals surface area contributed by atoms with E-state index in [-0.39, 0.29) is 30.0 Å². The number of nitrogens with one attached hydrogen (secondary N) is 1. The standard InChI is InChI=1S/C9H15BN2O2.C9H17NO2/c1-8(2)9(3,4)14-10(13-8)7-5-11-12-6-7;1-9(2,3)12-8(11)10-6-4-5-7-10/h5-6H,1-4H3,(H,11,12);4-7H2,1-3H3. The quantitative estimate of drug-likeness (QED) is 0.775. The number of hydrogen-bond donors (Lipinski definition) is 1. The van der Waals surface area contributed by atoms with E-state index in [0.29, 0.717) is 0 Å². The molecule has 0 unspecified atom stereocenters. The summed E-state index contributed by atoms with van der Waals surface area (Å²) in [5.74, 6) is 0. The van der Waals surface area contributed by atoms with E-state index < -0.39 is 0 Å². The van der Waals surface area contributed by atoms with Gasteiger partial charge in [0.1, 0.15) is 5.60 Å². The minimum atomic E-state index is -0.361. The SMILES string of the molecule is CC(C)(C)OC(=O)N1CCCC1.CC1(C)OB(c2cn[nH]c2)OC1(C)C. The Labute approximate surface area is 156 Å². The molecule has 2 aliphatic rings. The molecule has 26 heavy (non-hydrogen) atoms. The molecule has 1 amide bonds. The fourth-order valence-electron chi connectivity index (χ4n) is 2.60. The molecular formula is C18H32BN3O4. The van der Waals surface area contributed by atoms with Crippen molar-refractivity contribution in [3.63, 3.8) is 0 Å². The summed E-state index contributed by atoms with van der Waals surface area (Å²) in [6, 6.07) is 0. The monoisotopic (exact) mass is 365 g/mol. The molecule has 7 nitrogen and oxygen atoms in total. The third kappa shape index (κ3) is 5.24. The molecular weight excluding hydrogens is 333 g/mol. The lowest BCUT2D eigenvalue weighted by Crippen LogP contribution is -2.41. The number of aromatic amines is 1. The van der Waals surface area contributed by atoms with Crippen molar-refractivity contribution in [3.05, 3.63) is 12.4 Å². The van der Waals surface area contributed by atoms with Crippen LogP contribution in [-0.2, 0) is 14.0 Å². The van der Waals surface area contributed by atoms with E-state index in [9.17, 15) is 4.79 Å². The van der Waals surface area contributed by atoms with Crippen LogP contribution in [0.5, 0.6) is 0 Å². The van der Waals surface area contributed by atoms with Gasteiger partial charge in [-0.25, -0.2) is 4.79 Å². The van der Waals surface area contributed by atoms with Gasteiger partial charge in [-0.15, -0.1) is 0 Å². The van der Waals surface area contributed by atoms with Crippen LogP contribution in [0.3, 0.4) is 0 Å². The minimum Gasteiger partial charge on any atom is -0.444 e. The summed E-state index contributed by atoms with van der Waals surface area (Å²) in [6.07, 6.45) is 5.57. The van der Waals surface area contributed by atoms with Gasteiger partial charge >= 0.3 is 13.2 Å². The molecule has 3 rings (SSSR count). The summed E-state index contributed by atoms with van der Waals surface area (Å²) in [6.45, 7) is 15.5. The van der Waals surface area contributed by atoms with Gasteiger partial charge in [-0.1, -0.05) is 0 Å². The molecule has 2 fully saturated rings. The number of likely N-dealkylation sites (tertiary alicyclic amines) is 1. The Bertz CT molecular complexity index is 574. The second kappa shape index (κ2) is 7.60. The average Bonchev–Trinajstić information content (AvgIpc) is 3.21. The first-order chi connectivity index (χ1) is 11.9. The van der Waals surface area contributed by atoms with E-state index in [1.54, 1.807) is 17.3 Å². The number of nitrogens with zero attached hydrogens (tertiary/aromatic N) is 2. The number of aromatic nitrogens is 2. The van der Waals surface area contributed by atoms with E-state index in [4.69, 9.17) is 14.0 Å². The van der Waals surface area contributed by atoms with E-state index in [1.165, 1.54) is 0 Å². The second-order valence-corrected chi connectivity index (χ2v) is 8.79. The molecule has 1 aromatic heterocycles. The fraction of sp³-hybridized carbons (Fsp3) is 0.778. The lowest BCUT2D eigenvalue weighted by Gasteiger charge is -2.32. The Kier molecular flexibility index (Phi) is 6.07. The molecule has 0 atom stereocenters. The molecule has 3 heterocycles. The Balaban J connectivity index is 0.000000190. The van der Waals surface area contributed by atoms with Crippen LogP contribution in [0, 0.1) is 0 Å². The maximum Gasteiger partial charge on any atom is 0.498 e. The number of hydrogen-bond acceptors (Lipinski definition) is 5. The molecule has 8 heteroatoms. The van der Waals surface area contributed by atoms with Crippen LogP contribution >= 0.6 is 0 Å². The van der Waals surface area contributed by atoms with Crippen molar-refractivity contribution in [2.45, 2.75) is 78.1 Å². The zero-order valence-corrected chi connectivity index (χ0v) is 17.1. The summed E-state index contributed by atoms with van der Waals surface area (Å²) in [4.78, 5) is 13.1. The highest BCUT2D eigenvalue weighted by atomic mass is 16.7. The first-order valence-electron chi connectivity index (χ1n) is 9.23. The van der Waals surface area contributed by atoms with E-state index in [2.05, 4.69) is 10.2 Å². The third-order valence-corrected chi connectivity index (χ3v) is 4.80. The Hall–Kier alpha value is -1.54. The van der Waals surface area contributed by atoms with Crippen LogP contribution in [0.1, 0.15) is 61.3 Å². The van der Waals surface area contributed by atoms with Crippen LogP contribution in [-0.4, -0.2) is 58.2 Å². The van der Waals surface area contributed by atoms with Crippen molar-refractivity contribution in [2.75, 3.05) is 13.1 Å². The van der Waals surface area contributed by atoms with Gasteiger partial charge in [-0.05, 0) is 61.3 Å². The number of rotatable bonds is 1. The molecule has 2 aliphatic heterocycles. The van der Waals surface area contributed by atoms with Gasteiger partial charge in [0.2, 0.25) is 0 Å². The number of amides is 1. The van der Waals surface area contributed by atoms with Crippen molar-refractivity contribution in [3.8, 4) is 0 Å². The van der Waals surface area contributed by atoms with Gasteiger partial charge in [-0.3, -0.25) is 5.10 Å². The predicted molar refractivity (Wildman–Crippen MR) is 101 cm³/mol. The van der Waals surface area contributed by atoms with Gasteiger partial charge in [0, 0.05) is 30.9 Å². The smallest absolute Gasteiger partial charge is 0.444 e.